The minimum atomic E-state index is -3.88. The second-order valence-electron chi connectivity index (χ2n) is 10.1. The Morgan fingerprint density at radius 1 is 0.829 bits per heavy atom. The van der Waals surface area contributed by atoms with E-state index in [0.29, 0.717) is 28.2 Å². The fraction of sp³-hybridized carbons (Fsp3) is 0.121. The molecule has 41 heavy (non-hydrogen) atoms. The summed E-state index contributed by atoms with van der Waals surface area (Å²) < 4.78 is 29.1. The number of rotatable bonds is 8. The van der Waals surface area contributed by atoms with Crippen molar-refractivity contribution >= 4 is 44.3 Å². The fourth-order valence-corrected chi connectivity index (χ4v) is 6.18. The Morgan fingerprint density at radius 2 is 1.56 bits per heavy atom. The highest BCUT2D eigenvalue weighted by molar-refractivity contribution is 7.92. The third kappa shape index (κ3) is 5.94. The van der Waals surface area contributed by atoms with E-state index in [1.165, 1.54) is 11.6 Å². The van der Waals surface area contributed by atoms with Crippen LogP contribution in [0.25, 0.3) is 11.3 Å². The molecule has 0 unspecified atom stereocenters. The van der Waals surface area contributed by atoms with E-state index in [0.717, 1.165) is 37.3 Å². The monoisotopic (exact) mass is 562 g/mol. The number of fused-ring (bicyclic) bond motifs is 1. The Hall–Kier alpha value is -4.66. The van der Waals surface area contributed by atoms with Crippen molar-refractivity contribution in [2.75, 3.05) is 28.4 Å². The molecule has 0 bridgehead atoms. The Morgan fingerprint density at radius 3 is 2.27 bits per heavy atom. The zero-order valence-electron chi connectivity index (χ0n) is 22.4. The number of benzene rings is 4. The van der Waals surface area contributed by atoms with Crippen LogP contribution < -0.4 is 15.4 Å². The zero-order valence-corrected chi connectivity index (χ0v) is 23.2. The average Bonchev–Trinajstić information content (AvgIpc) is 3.33. The molecule has 4 aromatic rings. The van der Waals surface area contributed by atoms with Gasteiger partial charge in [-0.2, -0.15) is 0 Å². The van der Waals surface area contributed by atoms with Gasteiger partial charge in [0.05, 0.1) is 16.2 Å². The molecular formula is C33H30N4O3S. The molecule has 2 heterocycles. The average molecular weight is 563 g/mol. The summed E-state index contributed by atoms with van der Waals surface area (Å²) in [6, 6.07) is 31.2. The molecule has 7 nitrogen and oxygen atoms in total. The third-order valence-electron chi connectivity index (χ3n) is 7.16. The maximum Gasteiger partial charge on any atom is 0.261 e. The van der Waals surface area contributed by atoms with Crippen LogP contribution in [0.3, 0.4) is 0 Å². The molecule has 0 fully saturated rings. The molecule has 8 heteroatoms. The smallest absolute Gasteiger partial charge is 0.261 e. The Balaban J connectivity index is 1.36. The molecule has 0 aliphatic carbocycles. The number of nitrogens with zero attached hydrogens (tertiary/aromatic N) is 1. The number of anilines is 3. The summed E-state index contributed by atoms with van der Waals surface area (Å²) in [7, 11) is -3.88. The minimum absolute atomic E-state index is 0.0680. The van der Waals surface area contributed by atoms with Crippen molar-refractivity contribution < 1.29 is 13.2 Å². The van der Waals surface area contributed by atoms with Gasteiger partial charge in [0.25, 0.3) is 15.9 Å². The molecule has 0 radical (unpaired) electrons. The molecular weight excluding hydrogens is 532 g/mol. The van der Waals surface area contributed by atoms with Crippen molar-refractivity contribution in [3.63, 3.8) is 0 Å². The Bertz CT molecular complexity index is 1730. The molecule has 0 saturated carbocycles. The Labute approximate surface area is 240 Å². The highest BCUT2D eigenvalue weighted by Gasteiger charge is 2.30. The first-order chi connectivity index (χ1) is 20.0. The van der Waals surface area contributed by atoms with Crippen LogP contribution >= 0.6 is 0 Å². The lowest BCUT2D eigenvalue weighted by Gasteiger charge is -2.23. The largest absolute Gasteiger partial charge is 0.354 e. The maximum atomic E-state index is 13.4. The molecule has 2 aliphatic heterocycles. The molecule has 1 amide bonds. The van der Waals surface area contributed by atoms with Gasteiger partial charge in [-0.15, -0.1) is 0 Å². The predicted molar refractivity (Wildman–Crippen MR) is 165 cm³/mol. The number of hydrogen-bond donors (Lipinski definition) is 3. The van der Waals surface area contributed by atoms with E-state index in [1.54, 1.807) is 36.4 Å². The SMILES string of the molecule is O=C1Nc2ccc(S(=O)(=O)Nc3ccccc3)cc2C1=C(Nc1ccc(CN2CC=CCC2)cc1)c1ccccc1. The van der Waals surface area contributed by atoms with Crippen LogP contribution in [0.2, 0.25) is 0 Å². The summed E-state index contributed by atoms with van der Waals surface area (Å²) in [4.78, 5) is 15.8. The number of nitrogens with one attached hydrogen (secondary N) is 3. The van der Waals surface area contributed by atoms with Gasteiger partial charge in [-0.1, -0.05) is 72.8 Å². The number of sulfonamides is 1. The number of amides is 1. The van der Waals surface area contributed by atoms with Crippen LogP contribution in [0.1, 0.15) is 23.1 Å². The van der Waals surface area contributed by atoms with Crippen molar-refractivity contribution in [1.82, 2.24) is 4.90 Å². The second-order valence-corrected chi connectivity index (χ2v) is 11.7. The van der Waals surface area contributed by atoms with Crippen LogP contribution in [-0.2, 0) is 21.4 Å². The second kappa shape index (κ2) is 11.4. The van der Waals surface area contributed by atoms with Gasteiger partial charge >= 0.3 is 0 Å². The van der Waals surface area contributed by atoms with Gasteiger partial charge in [-0.05, 0) is 60.0 Å². The van der Waals surface area contributed by atoms with Crippen LogP contribution in [-0.4, -0.2) is 32.3 Å². The van der Waals surface area contributed by atoms with Crippen molar-refractivity contribution in [2.24, 2.45) is 0 Å². The van der Waals surface area contributed by atoms with Crippen molar-refractivity contribution in [3.8, 4) is 0 Å². The number of carbonyl (C=O) groups excluding carboxylic acids is 1. The van der Waals surface area contributed by atoms with Crippen LogP contribution in [0.5, 0.6) is 0 Å². The van der Waals surface area contributed by atoms with Gasteiger partial charge < -0.3 is 10.6 Å². The van der Waals surface area contributed by atoms with Gasteiger partial charge in [-0.25, -0.2) is 8.42 Å². The first-order valence-electron chi connectivity index (χ1n) is 13.5. The van der Waals surface area contributed by atoms with Gasteiger partial charge in [0.1, 0.15) is 0 Å². The summed E-state index contributed by atoms with van der Waals surface area (Å²) >= 11 is 0. The fourth-order valence-electron chi connectivity index (χ4n) is 5.10. The lowest BCUT2D eigenvalue weighted by atomic mass is 10.00. The summed E-state index contributed by atoms with van der Waals surface area (Å²) in [6.07, 6.45) is 5.50. The molecule has 6 rings (SSSR count). The number of carbonyl (C=O) groups is 1. The molecule has 206 valence electrons. The quantitative estimate of drug-likeness (QED) is 0.176. The lowest BCUT2D eigenvalue weighted by molar-refractivity contribution is -0.110. The standard InChI is InChI=1S/C33H30N4O3S/c38-33-31(29-22-28(18-19-30(29)35-33)41(39,40)36-27-12-6-2-7-13-27)32(25-10-4-1-5-11-25)34-26-16-14-24(15-17-26)23-37-20-8-3-9-21-37/h1-8,10-19,22,34,36H,9,20-21,23H2,(H,35,38). The van der Waals surface area contributed by atoms with E-state index >= 15 is 0 Å². The molecule has 0 spiro atoms. The molecule has 2 aliphatic rings. The molecule has 4 aromatic carbocycles. The minimum Gasteiger partial charge on any atom is -0.354 e. The first kappa shape index (κ1) is 26.6. The van der Waals surface area contributed by atoms with Crippen LogP contribution in [0.4, 0.5) is 17.1 Å². The summed E-state index contributed by atoms with van der Waals surface area (Å²) in [5.74, 6) is -0.299. The maximum absolute atomic E-state index is 13.4. The molecule has 0 aromatic heterocycles. The van der Waals surface area contributed by atoms with E-state index in [9.17, 15) is 13.2 Å². The highest BCUT2D eigenvalue weighted by Crippen LogP contribution is 2.39. The lowest BCUT2D eigenvalue weighted by Crippen LogP contribution is -2.26. The summed E-state index contributed by atoms with van der Waals surface area (Å²) in [5.41, 5.74) is 5.37. The number of hydrogen-bond acceptors (Lipinski definition) is 5. The number of para-hydroxylation sites is 1. The van der Waals surface area contributed by atoms with E-state index in [4.69, 9.17) is 0 Å². The van der Waals surface area contributed by atoms with E-state index < -0.39 is 10.0 Å². The van der Waals surface area contributed by atoms with E-state index in [2.05, 4.69) is 44.5 Å². The predicted octanol–water partition coefficient (Wildman–Crippen LogP) is 6.18. The van der Waals surface area contributed by atoms with Crippen molar-refractivity contribution in [3.05, 3.63) is 132 Å². The van der Waals surface area contributed by atoms with Crippen LogP contribution in [0, 0.1) is 0 Å². The highest BCUT2D eigenvalue weighted by atomic mass is 32.2. The first-order valence-corrected chi connectivity index (χ1v) is 15.0. The Kier molecular flexibility index (Phi) is 7.41. The van der Waals surface area contributed by atoms with Gasteiger partial charge in [0.2, 0.25) is 0 Å². The van der Waals surface area contributed by atoms with E-state index in [1.807, 2.05) is 48.5 Å². The zero-order chi connectivity index (χ0) is 28.2. The van der Waals surface area contributed by atoms with Crippen molar-refractivity contribution in [1.29, 1.82) is 0 Å². The molecule has 0 atom stereocenters. The molecule has 0 saturated heterocycles. The molecule has 3 N–H and O–H groups in total. The van der Waals surface area contributed by atoms with E-state index in [-0.39, 0.29) is 10.8 Å². The van der Waals surface area contributed by atoms with Gasteiger partial charge in [-0.3, -0.25) is 14.4 Å². The normalized spacial score (nSPS) is 16.1. The summed E-state index contributed by atoms with van der Waals surface area (Å²) in [5, 5.41) is 6.37. The van der Waals surface area contributed by atoms with Gasteiger partial charge in [0, 0.05) is 42.3 Å². The third-order valence-corrected chi connectivity index (χ3v) is 8.54. The van der Waals surface area contributed by atoms with Gasteiger partial charge in [0.15, 0.2) is 0 Å². The van der Waals surface area contributed by atoms with Crippen molar-refractivity contribution in [2.45, 2.75) is 17.9 Å². The summed E-state index contributed by atoms with van der Waals surface area (Å²) in [6.45, 7) is 2.88. The topological polar surface area (TPSA) is 90.5 Å². The van der Waals surface area contributed by atoms with Crippen LogP contribution in [0.15, 0.2) is 120 Å².